The fourth-order valence-corrected chi connectivity index (χ4v) is 4.08. The monoisotopic (exact) mass is 412 g/mol. The van der Waals surface area contributed by atoms with Crippen LogP contribution in [0.25, 0.3) is 0 Å². The van der Waals surface area contributed by atoms with Crippen LogP contribution < -0.4 is 10.0 Å². The Morgan fingerprint density at radius 2 is 1.79 bits per heavy atom. The number of halogens is 1. The van der Waals surface area contributed by atoms with Crippen LogP contribution in [0.1, 0.15) is 10.4 Å². The van der Waals surface area contributed by atoms with E-state index in [2.05, 4.69) is 26.0 Å². The number of hydrogen-bond acceptors (Lipinski definition) is 4. The molecule has 2 aromatic rings. The van der Waals surface area contributed by atoms with Gasteiger partial charge in [-0.3, -0.25) is 9.52 Å². The summed E-state index contributed by atoms with van der Waals surface area (Å²) in [5.41, 5.74) is 0.451. The normalized spacial score (nSPS) is 11.1. The molecule has 0 fully saturated rings. The van der Waals surface area contributed by atoms with E-state index in [1.807, 2.05) is 0 Å². The first kappa shape index (κ1) is 18.4. The predicted octanol–water partition coefficient (Wildman–Crippen LogP) is 2.63. The van der Waals surface area contributed by atoms with Crippen molar-refractivity contribution in [2.45, 2.75) is 4.90 Å². The third-order valence-electron chi connectivity index (χ3n) is 3.13. The van der Waals surface area contributed by atoms with E-state index in [9.17, 15) is 13.2 Å². The molecule has 0 unspecified atom stereocenters. The van der Waals surface area contributed by atoms with Gasteiger partial charge in [0.2, 0.25) is 0 Å². The quantitative estimate of drug-likeness (QED) is 0.684. The van der Waals surface area contributed by atoms with Gasteiger partial charge in [0.15, 0.2) is 0 Å². The lowest BCUT2D eigenvalue weighted by Gasteiger charge is -2.13. The number of hydrogen-bond donors (Lipinski definition) is 2. The van der Waals surface area contributed by atoms with Crippen molar-refractivity contribution in [3.63, 3.8) is 0 Å². The number of anilines is 1. The zero-order valence-corrected chi connectivity index (χ0v) is 15.4. The summed E-state index contributed by atoms with van der Waals surface area (Å²) in [5, 5.41) is 2.67. The topological polar surface area (TPSA) is 84.5 Å². The highest BCUT2D eigenvalue weighted by molar-refractivity contribution is 9.10. The highest BCUT2D eigenvalue weighted by Gasteiger charge is 2.20. The summed E-state index contributed by atoms with van der Waals surface area (Å²) in [6.07, 6.45) is 0. The van der Waals surface area contributed by atoms with Gasteiger partial charge in [0.1, 0.15) is 4.90 Å². The van der Waals surface area contributed by atoms with Gasteiger partial charge in [-0.2, -0.15) is 0 Å². The molecular weight excluding hydrogens is 396 g/mol. The molecule has 0 saturated heterocycles. The van der Waals surface area contributed by atoms with Gasteiger partial charge in [-0.25, -0.2) is 8.42 Å². The molecule has 0 heterocycles. The summed E-state index contributed by atoms with van der Waals surface area (Å²) < 4.78 is 32.9. The zero-order valence-electron chi connectivity index (χ0n) is 13.0. The molecule has 24 heavy (non-hydrogen) atoms. The third kappa shape index (κ3) is 4.56. The number of methoxy groups -OCH3 is 1. The van der Waals surface area contributed by atoms with Crippen LogP contribution in [-0.2, 0) is 14.8 Å². The van der Waals surface area contributed by atoms with E-state index in [4.69, 9.17) is 4.74 Å². The van der Waals surface area contributed by atoms with Gasteiger partial charge in [0.25, 0.3) is 15.9 Å². The van der Waals surface area contributed by atoms with Gasteiger partial charge >= 0.3 is 0 Å². The second kappa shape index (κ2) is 8.27. The van der Waals surface area contributed by atoms with Crippen molar-refractivity contribution in [3.8, 4) is 0 Å². The predicted molar refractivity (Wildman–Crippen MR) is 95.6 cm³/mol. The maximum absolute atomic E-state index is 12.6. The minimum atomic E-state index is -3.83. The maximum Gasteiger partial charge on any atom is 0.263 e. The first-order chi connectivity index (χ1) is 11.5. The highest BCUT2D eigenvalue weighted by Crippen LogP contribution is 2.25. The summed E-state index contributed by atoms with van der Waals surface area (Å²) in [7, 11) is -2.29. The Balaban J connectivity index is 2.27. The molecule has 0 aliphatic carbocycles. The van der Waals surface area contributed by atoms with E-state index in [1.165, 1.54) is 13.2 Å². The Hall–Kier alpha value is -1.90. The molecule has 8 heteroatoms. The molecule has 2 N–H and O–H groups in total. The van der Waals surface area contributed by atoms with Crippen LogP contribution in [0.4, 0.5) is 5.69 Å². The molecule has 0 aliphatic heterocycles. The lowest BCUT2D eigenvalue weighted by molar-refractivity contribution is 0.0938. The van der Waals surface area contributed by atoms with Crippen molar-refractivity contribution in [1.29, 1.82) is 0 Å². The van der Waals surface area contributed by atoms with Gasteiger partial charge in [-0.15, -0.1) is 0 Å². The highest BCUT2D eigenvalue weighted by atomic mass is 79.9. The molecule has 2 rings (SSSR count). The zero-order chi connectivity index (χ0) is 17.6. The van der Waals surface area contributed by atoms with Gasteiger partial charge in [-0.1, -0.05) is 24.3 Å². The number of amides is 1. The van der Waals surface area contributed by atoms with E-state index < -0.39 is 10.0 Å². The lowest BCUT2D eigenvalue weighted by Crippen LogP contribution is -2.28. The van der Waals surface area contributed by atoms with E-state index in [0.717, 1.165) is 0 Å². The van der Waals surface area contributed by atoms with Gasteiger partial charge in [-0.05, 0) is 40.2 Å². The first-order valence-electron chi connectivity index (χ1n) is 7.09. The molecule has 0 bridgehead atoms. The molecule has 0 aromatic heterocycles. The van der Waals surface area contributed by atoms with E-state index in [0.29, 0.717) is 17.6 Å². The fourth-order valence-electron chi connectivity index (χ4n) is 1.99. The van der Waals surface area contributed by atoms with Gasteiger partial charge in [0, 0.05) is 18.1 Å². The van der Waals surface area contributed by atoms with Crippen LogP contribution in [-0.4, -0.2) is 34.6 Å². The molecule has 0 aliphatic rings. The summed E-state index contributed by atoms with van der Waals surface area (Å²) in [6, 6.07) is 12.9. The van der Waals surface area contributed by atoms with Crippen molar-refractivity contribution in [3.05, 3.63) is 58.6 Å². The summed E-state index contributed by atoms with van der Waals surface area (Å²) in [5.74, 6) is -0.377. The number of benzene rings is 2. The van der Waals surface area contributed by atoms with Crippen LogP contribution in [0.2, 0.25) is 0 Å². The third-order valence-corrected chi connectivity index (χ3v) is 5.51. The van der Waals surface area contributed by atoms with Gasteiger partial charge < -0.3 is 10.1 Å². The Labute approximate surface area is 149 Å². The largest absolute Gasteiger partial charge is 0.383 e. The molecular formula is C16H17BrN2O4S. The molecule has 0 spiro atoms. The second-order valence-corrected chi connectivity index (χ2v) is 7.34. The molecule has 6 nitrogen and oxygen atoms in total. The molecule has 0 saturated carbocycles. The van der Waals surface area contributed by atoms with Crippen LogP contribution in [0, 0.1) is 0 Å². The van der Waals surface area contributed by atoms with Crippen LogP contribution in [0.3, 0.4) is 0 Å². The Morgan fingerprint density at radius 1 is 1.12 bits per heavy atom. The van der Waals surface area contributed by atoms with Crippen molar-refractivity contribution in [1.82, 2.24) is 5.32 Å². The Morgan fingerprint density at radius 3 is 2.50 bits per heavy atom. The fraction of sp³-hybridized carbons (Fsp3) is 0.188. The van der Waals surface area contributed by atoms with E-state index in [-0.39, 0.29) is 22.1 Å². The number of nitrogens with one attached hydrogen (secondary N) is 2. The number of rotatable bonds is 7. The SMILES string of the molecule is COCCNC(=O)c1ccccc1NS(=O)(=O)c1ccccc1Br. The van der Waals surface area contributed by atoms with Crippen LogP contribution in [0.5, 0.6) is 0 Å². The second-order valence-electron chi connectivity index (χ2n) is 4.83. The minimum Gasteiger partial charge on any atom is -0.383 e. The molecule has 1 amide bonds. The lowest BCUT2D eigenvalue weighted by atomic mass is 10.2. The van der Waals surface area contributed by atoms with Crippen LogP contribution >= 0.6 is 15.9 Å². The summed E-state index contributed by atoms with van der Waals surface area (Å²) >= 11 is 3.22. The van der Waals surface area contributed by atoms with Crippen LogP contribution in [0.15, 0.2) is 57.9 Å². The van der Waals surface area contributed by atoms with Gasteiger partial charge in [0.05, 0.1) is 17.9 Å². The Bertz CT molecular complexity index is 824. The molecule has 0 radical (unpaired) electrons. The average Bonchev–Trinajstić information content (AvgIpc) is 2.55. The number of ether oxygens (including phenoxy) is 1. The number of para-hydroxylation sites is 1. The number of carbonyl (C=O) groups excluding carboxylic acids is 1. The van der Waals surface area contributed by atoms with E-state index in [1.54, 1.807) is 42.5 Å². The van der Waals surface area contributed by atoms with Crippen molar-refractivity contribution >= 4 is 37.5 Å². The van der Waals surface area contributed by atoms with E-state index >= 15 is 0 Å². The number of sulfonamides is 1. The molecule has 0 atom stereocenters. The Kier molecular flexibility index (Phi) is 6.36. The maximum atomic E-state index is 12.6. The smallest absolute Gasteiger partial charge is 0.263 e. The minimum absolute atomic E-state index is 0.0968. The van der Waals surface area contributed by atoms with Crippen molar-refractivity contribution in [2.24, 2.45) is 0 Å². The summed E-state index contributed by atoms with van der Waals surface area (Å²) in [4.78, 5) is 12.3. The standard InChI is InChI=1S/C16H17BrN2O4S/c1-23-11-10-18-16(20)12-6-2-4-8-14(12)19-24(21,22)15-9-5-3-7-13(15)17/h2-9,19H,10-11H2,1H3,(H,18,20). The summed E-state index contributed by atoms with van der Waals surface area (Å²) in [6.45, 7) is 0.706. The number of carbonyl (C=O) groups is 1. The average molecular weight is 413 g/mol. The van der Waals surface area contributed by atoms with Crippen molar-refractivity contribution < 1.29 is 17.9 Å². The molecule has 128 valence electrons. The van der Waals surface area contributed by atoms with Crippen molar-refractivity contribution in [2.75, 3.05) is 25.0 Å². The first-order valence-corrected chi connectivity index (χ1v) is 9.37. The molecule has 2 aromatic carbocycles.